The summed E-state index contributed by atoms with van der Waals surface area (Å²) in [6, 6.07) is 4.01. The summed E-state index contributed by atoms with van der Waals surface area (Å²) in [6.45, 7) is 18.7. The van der Waals surface area contributed by atoms with Gasteiger partial charge in [0, 0.05) is 16.5 Å². The largest absolute Gasteiger partial charge is 0.507 e. The van der Waals surface area contributed by atoms with E-state index in [0.29, 0.717) is 5.75 Å². The maximum absolute atomic E-state index is 12.6. The summed E-state index contributed by atoms with van der Waals surface area (Å²) in [5, 5.41) is 10.8. The van der Waals surface area contributed by atoms with Gasteiger partial charge in [0.05, 0.1) is 0 Å². The van der Waals surface area contributed by atoms with E-state index in [0.717, 1.165) is 29.5 Å². The zero-order valence-electron chi connectivity index (χ0n) is 17.6. The van der Waals surface area contributed by atoms with Gasteiger partial charge in [-0.3, -0.25) is 4.79 Å². The molecular weight excluding hydrogens is 308 g/mol. The Hall–Kier alpha value is -1.57. The molecule has 0 heterocycles. The number of hydrogen-bond acceptors (Lipinski definition) is 2. The molecule has 25 heavy (non-hydrogen) atoms. The van der Waals surface area contributed by atoms with Crippen LogP contribution in [0.15, 0.2) is 18.2 Å². The fourth-order valence-electron chi connectivity index (χ4n) is 2.87. The summed E-state index contributed by atoms with van der Waals surface area (Å²) >= 11 is 0. The molecule has 0 bridgehead atoms. The molecule has 1 aromatic rings. The fourth-order valence-corrected chi connectivity index (χ4v) is 2.87. The Balaban J connectivity index is 3.42. The molecule has 0 atom stereocenters. The third-order valence-electron chi connectivity index (χ3n) is 5.33. The van der Waals surface area contributed by atoms with Crippen LogP contribution in [0.4, 0.5) is 0 Å². The Morgan fingerprint density at radius 2 is 1.32 bits per heavy atom. The average Bonchev–Trinajstić information content (AvgIpc) is 2.50. The van der Waals surface area contributed by atoms with Crippen molar-refractivity contribution in [2.24, 2.45) is 5.41 Å². The zero-order valence-corrected chi connectivity index (χ0v) is 17.6. The predicted molar refractivity (Wildman–Crippen MR) is 108 cm³/mol. The van der Waals surface area contributed by atoms with Gasteiger partial charge in [0.25, 0.3) is 0 Å². The van der Waals surface area contributed by atoms with Crippen LogP contribution in [0.1, 0.15) is 91.8 Å². The average molecular weight is 345 g/mol. The Morgan fingerprint density at radius 3 is 1.64 bits per heavy atom. The van der Waals surface area contributed by atoms with Gasteiger partial charge in [0.15, 0.2) is 5.78 Å². The third kappa shape index (κ3) is 4.96. The second-order valence-corrected chi connectivity index (χ2v) is 9.43. The first kappa shape index (κ1) is 21.5. The van der Waals surface area contributed by atoms with Crippen LogP contribution in [0, 0.1) is 5.41 Å². The number of carbonyl (C=O) groups is 1. The van der Waals surface area contributed by atoms with Crippen molar-refractivity contribution in [1.82, 2.24) is 0 Å². The Morgan fingerprint density at radius 1 is 0.920 bits per heavy atom. The fraction of sp³-hybridized carbons (Fsp3) is 0.609. The van der Waals surface area contributed by atoms with E-state index in [9.17, 15) is 9.90 Å². The van der Waals surface area contributed by atoms with E-state index in [1.54, 1.807) is 6.08 Å². The topological polar surface area (TPSA) is 37.3 Å². The quantitative estimate of drug-likeness (QED) is 0.628. The van der Waals surface area contributed by atoms with Crippen molar-refractivity contribution >= 4 is 11.9 Å². The van der Waals surface area contributed by atoms with Crippen LogP contribution in [0.2, 0.25) is 0 Å². The van der Waals surface area contributed by atoms with E-state index in [1.807, 2.05) is 25.1 Å². The Labute approximate surface area is 154 Å². The number of phenols is 1. The standard InChI is InChI=1S/C23H36O2/c1-10-23(9,11-2)19(24)13-12-16-14-17(21(3,4)5)20(25)18(15-16)22(6,7)8/h12-15,25H,10-11H2,1-9H3. The van der Waals surface area contributed by atoms with Crippen LogP contribution in [-0.4, -0.2) is 10.9 Å². The van der Waals surface area contributed by atoms with Crippen molar-refractivity contribution in [2.75, 3.05) is 0 Å². The van der Waals surface area contributed by atoms with E-state index < -0.39 is 0 Å². The van der Waals surface area contributed by atoms with Crippen LogP contribution in [0.3, 0.4) is 0 Å². The van der Waals surface area contributed by atoms with Crippen LogP contribution in [0.25, 0.3) is 6.08 Å². The van der Waals surface area contributed by atoms with Crippen molar-refractivity contribution in [3.05, 3.63) is 34.9 Å². The van der Waals surface area contributed by atoms with E-state index in [4.69, 9.17) is 0 Å². The van der Waals surface area contributed by atoms with E-state index in [1.165, 1.54) is 0 Å². The number of carbonyl (C=O) groups excluding carboxylic acids is 1. The molecule has 0 saturated carbocycles. The molecule has 0 unspecified atom stereocenters. The maximum Gasteiger partial charge on any atom is 0.161 e. The summed E-state index contributed by atoms with van der Waals surface area (Å²) in [7, 11) is 0. The first-order valence-corrected chi connectivity index (χ1v) is 9.36. The van der Waals surface area contributed by atoms with Gasteiger partial charge in [-0.2, -0.15) is 0 Å². The van der Waals surface area contributed by atoms with Gasteiger partial charge in [-0.25, -0.2) is 0 Å². The van der Waals surface area contributed by atoms with Crippen molar-refractivity contribution in [3.63, 3.8) is 0 Å². The molecule has 2 heteroatoms. The summed E-state index contributed by atoms with van der Waals surface area (Å²) in [5.41, 5.74) is 2.17. The van der Waals surface area contributed by atoms with E-state index in [2.05, 4.69) is 55.4 Å². The molecule has 140 valence electrons. The number of hydrogen-bond donors (Lipinski definition) is 1. The van der Waals surface area contributed by atoms with Crippen molar-refractivity contribution in [1.29, 1.82) is 0 Å². The van der Waals surface area contributed by atoms with E-state index in [-0.39, 0.29) is 22.0 Å². The predicted octanol–water partition coefficient (Wildman–Crippen LogP) is 6.40. The number of ketones is 1. The van der Waals surface area contributed by atoms with Gasteiger partial charge in [0.2, 0.25) is 0 Å². The number of phenolic OH excluding ortho intramolecular Hbond substituents is 1. The lowest BCUT2D eigenvalue weighted by Gasteiger charge is -2.28. The monoisotopic (exact) mass is 344 g/mol. The third-order valence-corrected chi connectivity index (χ3v) is 5.33. The molecule has 2 nitrogen and oxygen atoms in total. The SMILES string of the molecule is CCC(C)(CC)C(=O)C=Cc1cc(C(C)(C)C)c(O)c(C(C)(C)C)c1. The smallest absolute Gasteiger partial charge is 0.161 e. The molecule has 0 aliphatic carbocycles. The van der Waals surface area contributed by atoms with Crippen molar-refractivity contribution < 1.29 is 9.90 Å². The number of benzene rings is 1. The van der Waals surface area contributed by atoms with Gasteiger partial charge in [-0.05, 0) is 47.4 Å². The summed E-state index contributed by atoms with van der Waals surface area (Å²) in [4.78, 5) is 12.6. The minimum Gasteiger partial charge on any atom is -0.507 e. The molecule has 0 aliphatic rings. The second-order valence-electron chi connectivity index (χ2n) is 9.43. The first-order chi connectivity index (χ1) is 11.3. The Bertz CT molecular complexity index is 613. The van der Waals surface area contributed by atoms with Crippen LogP contribution < -0.4 is 0 Å². The Kier molecular flexibility index (Phi) is 6.32. The summed E-state index contributed by atoms with van der Waals surface area (Å²) in [6.07, 6.45) is 5.28. The number of aromatic hydroxyl groups is 1. The van der Waals surface area contributed by atoms with Crippen molar-refractivity contribution in [3.8, 4) is 5.75 Å². The molecule has 0 saturated heterocycles. The molecule has 1 rings (SSSR count). The summed E-state index contributed by atoms with van der Waals surface area (Å²) in [5.74, 6) is 0.538. The summed E-state index contributed by atoms with van der Waals surface area (Å²) < 4.78 is 0. The highest BCUT2D eigenvalue weighted by atomic mass is 16.3. The molecule has 0 aliphatic heterocycles. The van der Waals surface area contributed by atoms with Gasteiger partial charge in [0.1, 0.15) is 5.75 Å². The highest BCUT2D eigenvalue weighted by Gasteiger charge is 2.28. The molecule has 0 radical (unpaired) electrons. The number of allylic oxidation sites excluding steroid dienone is 1. The highest BCUT2D eigenvalue weighted by Crippen LogP contribution is 2.40. The molecule has 1 N–H and O–H groups in total. The molecule has 0 fully saturated rings. The zero-order chi connectivity index (χ0) is 19.6. The molecular formula is C23H36O2. The van der Waals surface area contributed by atoms with Crippen LogP contribution in [-0.2, 0) is 15.6 Å². The van der Waals surface area contributed by atoms with E-state index >= 15 is 0 Å². The lowest BCUT2D eigenvalue weighted by Crippen LogP contribution is -2.24. The lowest BCUT2D eigenvalue weighted by atomic mass is 9.78. The number of rotatable bonds is 5. The first-order valence-electron chi connectivity index (χ1n) is 9.36. The molecule has 1 aromatic carbocycles. The van der Waals surface area contributed by atoms with Crippen LogP contribution >= 0.6 is 0 Å². The second kappa shape index (κ2) is 7.35. The van der Waals surface area contributed by atoms with Crippen molar-refractivity contribution in [2.45, 2.75) is 86.0 Å². The van der Waals surface area contributed by atoms with Crippen LogP contribution in [0.5, 0.6) is 5.75 Å². The lowest BCUT2D eigenvalue weighted by molar-refractivity contribution is -0.123. The van der Waals surface area contributed by atoms with Gasteiger partial charge < -0.3 is 5.11 Å². The minimum atomic E-state index is -0.298. The highest BCUT2D eigenvalue weighted by molar-refractivity contribution is 5.97. The van der Waals surface area contributed by atoms with Gasteiger partial charge in [-0.1, -0.05) is 68.4 Å². The molecule has 0 spiro atoms. The van der Waals surface area contributed by atoms with Gasteiger partial charge >= 0.3 is 0 Å². The maximum atomic E-state index is 12.6. The normalized spacial score (nSPS) is 13.5. The molecule has 0 aromatic heterocycles. The van der Waals surface area contributed by atoms with Gasteiger partial charge in [-0.15, -0.1) is 0 Å². The molecule has 0 amide bonds. The minimum absolute atomic E-state index is 0.167.